The molecule has 2 aromatic rings. The summed E-state index contributed by atoms with van der Waals surface area (Å²) in [6.07, 6.45) is 0.417. The monoisotopic (exact) mass is 637 g/mol. The summed E-state index contributed by atoms with van der Waals surface area (Å²) in [7, 11) is -7.85. The summed E-state index contributed by atoms with van der Waals surface area (Å²) < 4.78 is 58.9. The van der Waals surface area contributed by atoms with Crippen molar-refractivity contribution < 1.29 is 35.9 Å². The molecule has 3 N–H and O–H groups in total. The van der Waals surface area contributed by atoms with Gasteiger partial charge in [0.2, 0.25) is 15.9 Å². The molecule has 11 nitrogen and oxygen atoms in total. The number of amides is 2. The van der Waals surface area contributed by atoms with Crippen LogP contribution in [-0.4, -0.2) is 73.9 Å². The summed E-state index contributed by atoms with van der Waals surface area (Å²) in [5, 5.41) is 7.85. The highest BCUT2D eigenvalue weighted by atomic mass is 32.2. The highest BCUT2D eigenvalue weighted by Crippen LogP contribution is 2.35. The van der Waals surface area contributed by atoms with Gasteiger partial charge >= 0.3 is 6.09 Å². The minimum absolute atomic E-state index is 0.0798. The standard InChI is InChI=1S/C30H43N3O8S2/c1-29(2,3)33(23(18-17-21-13-9-7-10-14-21)19-24-27(41-24)43(31,38)39)26(34)25(30(4,5)42(6,36)37)32-28(35)40-20-22-15-11-8-12-16-22/h7-16,23-25,27H,17-20H2,1-6H3,(H,32,35)(H2,31,38,39)/t23-,24?,25-,27?/m1/s1. The molecule has 0 aliphatic carbocycles. The Morgan fingerprint density at radius 3 is 1.95 bits per heavy atom. The number of sulfone groups is 1. The van der Waals surface area contributed by atoms with Crippen molar-refractivity contribution in [1.82, 2.24) is 10.2 Å². The van der Waals surface area contributed by atoms with E-state index in [0.29, 0.717) is 18.4 Å². The molecule has 1 aliphatic heterocycles. The molecular formula is C30H43N3O8S2. The van der Waals surface area contributed by atoms with E-state index < -0.39 is 65.8 Å². The summed E-state index contributed by atoms with van der Waals surface area (Å²) in [5.41, 5.74) is -0.331. The number of hydrogen-bond donors (Lipinski definition) is 2. The van der Waals surface area contributed by atoms with Gasteiger partial charge < -0.3 is 19.7 Å². The van der Waals surface area contributed by atoms with Crippen molar-refractivity contribution in [3.05, 3.63) is 71.8 Å². The van der Waals surface area contributed by atoms with Gasteiger partial charge in [-0.05, 0) is 65.0 Å². The van der Waals surface area contributed by atoms with Crippen molar-refractivity contribution in [3.63, 3.8) is 0 Å². The van der Waals surface area contributed by atoms with Crippen LogP contribution in [0.4, 0.5) is 4.79 Å². The second kappa shape index (κ2) is 13.3. The summed E-state index contributed by atoms with van der Waals surface area (Å²) in [5.74, 6) is -0.648. The molecule has 1 aliphatic rings. The lowest BCUT2D eigenvalue weighted by atomic mass is 9.91. The van der Waals surface area contributed by atoms with E-state index in [1.165, 1.54) is 18.7 Å². The van der Waals surface area contributed by atoms with Crippen molar-refractivity contribution >= 4 is 31.9 Å². The SMILES string of the molecule is CC(C)(C)N(C(=O)[C@@H](NC(=O)OCc1ccccc1)C(C)(C)S(C)(=O)=O)[C@H](CCc1ccccc1)CC1OC1S(N)(=O)=O. The number of hydrogen-bond acceptors (Lipinski definition) is 8. The molecule has 0 radical (unpaired) electrons. The molecule has 0 spiro atoms. The molecule has 1 saturated heterocycles. The van der Waals surface area contributed by atoms with E-state index in [9.17, 15) is 26.4 Å². The van der Waals surface area contributed by atoms with E-state index in [4.69, 9.17) is 14.6 Å². The molecule has 3 rings (SSSR count). The van der Waals surface area contributed by atoms with E-state index in [1.807, 2.05) is 36.4 Å². The Balaban J connectivity index is 1.97. The van der Waals surface area contributed by atoms with Crippen LogP contribution in [0, 0.1) is 0 Å². The van der Waals surface area contributed by atoms with Crippen molar-refractivity contribution in [2.24, 2.45) is 5.14 Å². The predicted octanol–water partition coefficient (Wildman–Crippen LogP) is 3.14. The Morgan fingerprint density at radius 2 is 1.49 bits per heavy atom. The number of nitrogens with one attached hydrogen (secondary N) is 1. The highest BCUT2D eigenvalue weighted by molar-refractivity contribution is 7.92. The number of carbonyl (C=O) groups is 2. The number of nitrogens with zero attached hydrogens (tertiary/aromatic N) is 1. The number of carbonyl (C=O) groups excluding carboxylic acids is 2. The number of sulfonamides is 1. The first-order valence-corrected chi connectivity index (χ1v) is 17.5. The van der Waals surface area contributed by atoms with Crippen LogP contribution in [0.15, 0.2) is 60.7 Å². The number of rotatable bonds is 13. The van der Waals surface area contributed by atoms with Crippen molar-refractivity contribution in [2.75, 3.05) is 6.26 Å². The quantitative estimate of drug-likeness (QED) is 0.316. The fraction of sp³-hybridized carbons (Fsp3) is 0.533. The number of epoxide rings is 1. The zero-order chi connectivity index (χ0) is 32.2. The molecule has 13 heteroatoms. The van der Waals surface area contributed by atoms with Crippen LogP contribution in [0.3, 0.4) is 0 Å². The van der Waals surface area contributed by atoms with Gasteiger partial charge in [0, 0.05) is 17.8 Å². The smallest absolute Gasteiger partial charge is 0.408 e. The molecular weight excluding hydrogens is 594 g/mol. The fourth-order valence-corrected chi connectivity index (χ4v) is 6.43. The number of ether oxygens (including phenoxy) is 2. The van der Waals surface area contributed by atoms with Gasteiger partial charge in [-0.15, -0.1) is 0 Å². The average molecular weight is 638 g/mol. The minimum atomic E-state index is -3.96. The molecule has 238 valence electrons. The summed E-state index contributed by atoms with van der Waals surface area (Å²) >= 11 is 0. The van der Waals surface area contributed by atoms with Gasteiger partial charge in [0.15, 0.2) is 15.3 Å². The maximum Gasteiger partial charge on any atom is 0.408 e. The zero-order valence-electron chi connectivity index (χ0n) is 25.5. The second-order valence-electron chi connectivity index (χ2n) is 12.4. The first kappa shape index (κ1) is 34.5. The lowest BCUT2D eigenvalue weighted by Crippen LogP contribution is -2.65. The first-order valence-electron chi connectivity index (χ1n) is 14.0. The van der Waals surface area contributed by atoms with Gasteiger partial charge in [0.05, 0.1) is 4.75 Å². The van der Waals surface area contributed by atoms with Gasteiger partial charge in [-0.25, -0.2) is 26.8 Å². The Kier molecular flexibility index (Phi) is 10.7. The Bertz CT molecular complexity index is 1470. The lowest BCUT2D eigenvalue weighted by Gasteiger charge is -2.46. The molecule has 2 unspecified atom stereocenters. The Labute approximate surface area is 255 Å². The van der Waals surface area contributed by atoms with Crippen molar-refractivity contribution in [1.29, 1.82) is 0 Å². The van der Waals surface area contributed by atoms with Crippen LogP contribution in [0.25, 0.3) is 0 Å². The van der Waals surface area contributed by atoms with Gasteiger partial charge in [-0.1, -0.05) is 60.7 Å². The zero-order valence-corrected chi connectivity index (χ0v) is 27.2. The topological polar surface area (TPSA) is 165 Å². The normalized spacial score (nSPS) is 18.8. The second-order valence-corrected chi connectivity index (χ2v) is 16.7. The Hall–Kier alpha value is -3.00. The van der Waals surface area contributed by atoms with Crippen LogP contribution >= 0.6 is 0 Å². The van der Waals surface area contributed by atoms with Crippen LogP contribution in [0.1, 0.15) is 58.6 Å². The van der Waals surface area contributed by atoms with Gasteiger partial charge in [-0.2, -0.15) is 0 Å². The highest BCUT2D eigenvalue weighted by Gasteiger charge is 2.52. The molecule has 0 saturated carbocycles. The van der Waals surface area contributed by atoms with E-state index in [-0.39, 0.29) is 13.0 Å². The minimum Gasteiger partial charge on any atom is -0.445 e. The van der Waals surface area contributed by atoms with E-state index in [0.717, 1.165) is 11.8 Å². The average Bonchev–Trinajstić information content (AvgIpc) is 3.69. The molecule has 43 heavy (non-hydrogen) atoms. The molecule has 0 aromatic heterocycles. The molecule has 0 bridgehead atoms. The number of nitrogens with two attached hydrogens (primary N) is 1. The Morgan fingerprint density at radius 1 is 0.953 bits per heavy atom. The lowest BCUT2D eigenvalue weighted by molar-refractivity contribution is -0.142. The van der Waals surface area contributed by atoms with Gasteiger partial charge in [-0.3, -0.25) is 4.79 Å². The van der Waals surface area contributed by atoms with Gasteiger partial charge in [0.25, 0.3) is 0 Å². The van der Waals surface area contributed by atoms with E-state index >= 15 is 0 Å². The summed E-state index contributed by atoms with van der Waals surface area (Å²) in [6.45, 7) is 8.06. The van der Waals surface area contributed by atoms with Crippen LogP contribution in [-0.2, 0) is 47.2 Å². The van der Waals surface area contributed by atoms with Crippen molar-refractivity contribution in [3.8, 4) is 0 Å². The third-order valence-electron chi connectivity index (χ3n) is 7.67. The number of benzene rings is 2. The number of primary sulfonamides is 1. The maximum absolute atomic E-state index is 14.5. The van der Waals surface area contributed by atoms with Gasteiger partial charge in [0.1, 0.15) is 18.8 Å². The number of alkyl carbamates (subject to hydrolysis) is 1. The third kappa shape index (κ3) is 9.24. The first-order chi connectivity index (χ1) is 19.8. The molecule has 1 heterocycles. The van der Waals surface area contributed by atoms with Crippen molar-refractivity contribution in [2.45, 2.75) is 94.4 Å². The van der Waals surface area contributed by atoms with Crippen LogP contribution in [0.5, 0.6) is 0 Å². The fourth-order valence-electron chi connectivity index (χ4n) is 5.01. The number of aryl methyl sites for hydroxylation is 1. The van der Waals surface area contributed by atoms with E-state index in [1.54, 1.807) is 45.0 Å². The summed E-state index contributed by atoms with van der Waals surface area (Å²) in [4.78, 5) is 29.1. The molecule has 4 atom stereocenters. The third-order valence-corrected chi connectivity index (χ3v) is 10.9. The van der Waals surface area contributed by atoms with E-state index in [2.05, 4.69) is 5.32 Å². The summed E-state index contributed by atoms with van der Waals surface area (Å²) in [6, 6.07) is 16.4. The van der Waals surface area contributed by atoms with Crippen LogP contribution < -0.4 is 10.5 Å². The predicted molar refractivity (Wildman–Crippen MR) is 164 cm³/mol. The van der Waals surface area contributed by atoms with Crippen LogP contribution in [0.2, 0.25) is 0 Å². The largest absolute Gasteiger partial charge is 0.445 e. The molecule has 2 amide bonds. The maximum atomic E-state index is 14.5. The molecule has 1 fully saturated rings. The molecule has 2 aromatic carbocycles.